The number of anilines is 1. The summed E-state index contributed by atoms with van der Waals surface area (Å²) >= 11 is 1.41. The molecule has 0 N–H and O–H groups in total. The number of carbonyl (C=O) groups is 2. The summed E-state index contributed by atoms with van der Waals surface area (Å²) in [5.41, 5.74) is 1.57. The molecular formula is C22H25N3O5S. The summed E-state index contributed by atoms with van der Waals surface area (Å²) in [6.07, 6.45) is 0. The summed E-state index contributed by atoms with van der Waals surface area (Å²) in [5, 5.41) is 0.578. The first kappa shape index (κ1) is 22.5. The zero-order valence-electron chi connectivity index (χ0n) is 18.2. The van der Waals surface area contributed by atoms with Crippen LogP contribution in [0.25, 0.3) is 10.2 Å². The summed E-state index contributed by atoms with van der Waals surface area (Å²) in [6, 6.07) is 10.1. The number of nitrogens with zero attached hydrogens (tertiary/aromatic N) is 3. The number of likely N-dealkylation sites (N-methyl/N-ethyl adjacent to an activating group) is 1. The first-order chi connectivity index (χ1) is 14.9. The van der Waals surface area contributed by atoms with E-state index < -0.39 is 5.97 Å². The Bertz CT molecular complexity index is 1040. The molecule has 3 rings (SSSR count). The molecule has 0 aliphatic carbocycles. The van der Waals surface area contributed by atoms with Gasteiger partial charge in [-0.05, 0) is 38.4 Å². The third kappa shape index (κ3) is 4.95. The maximum atomic E-state index is 13.3. The van der Waals surface area contributed by atoms with E-state index in [9.17, 15) is 9.59 Å². The third-order valence-corrected chi connectivity index (χ3v) is 5.72. The van der Waals surface area contributed by atoms with Crippen LogP contribution in [0.3, 0.4) is 0 Å². The van der Waals surface area contributed by atoms with Crippen LogP contribution in [0.1, 0.15) is 20.7 Å². The molecule has 1 amide bonds. The molecule has 1 heterocycles. The number of fused-ring (bicyclic) bond motifs is 1. The van der Waals surface area contributed by atoms with Crippen LogP contribution in [-0.2, 0) is 4.74 Å². The first-order valence-corrected chi connectivity index (χ1v) is 10.4. The van der Waals surface area contributed by atoms with Crippen molar-refractivity contribution >= 4 is 38.6 Å². The summed E-state index contributed by atoms with van der Waals surface area (Å²) in [7, 11) is 8.36. The van der Waals surface area contributed by atoms with Gasteiger partial charge in [-0.1, -0.05) is 11.3 Å². The van der Waals surface area contributed by atoms with Gasteiger partial charge in [-0.25, -0.2) is 9.78 Å². The number of benzene rings is 2. The maximum Gasteiger partial charge on any atom is 0.337 e. The summed E-state index contributed by atoms with van der Waals surface area (Å²) < 4.78 is 16.3. The van der Waals surface area contributed by atoms with Crippen molar-refractivity contribution in [1.29, 1.82) is 0 Å². The quantitative estimate of drug-likeness (QED) is 0.494. The Labute approximate surface area is 184 Å². The van der Waals surface area contributed by atoms with E-state index in [4.69, 9.17) is 14.2 Å². The van der Waals surface area contributed by atoms with Crippen molar-refractivity contribution < 1.29 is 23.8 Å². The lowest BCUT2D eigenvalue weighted by molar-refractivity contribution is 0.0600. The Morgan fingerprint density at radius 2 is 1.55 bits per heavy atom. The molecule has 2 aromatic carbocycles. The van der Waals surface area contributed by atoms with Crippen LogP contribution >= 0.6 is 11.3 Å². The van der Waals surface area contributed by atoms with Crippen LogP contribution in [0.2, 0.25) is 0 Å². The lowest BCUT2D eigenvalue weighted by Crippen LogP contribution is -2.36. The van der Waals surface area contributed by atoms with Gasteiger partial charge in [0.1, 0.15) is 0 Å². The molecule has 31 heavy (non-hydrogen) atoms. The van der Waals surface area contributed by atoms with Crippen LogP contribution in [0.15, 0.2) is 36.4 Å². The molecule has 0 aliphatic heterocycles. The molecule has 9 heteroatoms. The van der Waals surface area contributed by atoms with E-state index in [1.807, 2.05) is 25.1 Å². The molecule has 0 bridgehead atoms. The number of aromatic nitrogens is 1. The van der Waals surface area contributed by atoms with Crippen molar-refractivity contribution in [3.05, 3.63) is 47.5 Å². The number of rotatable bonds is 8. The van der Waals surface area contributed by atoms with Crippen molar-refractivity contribution in [2.75, 3.05) is 53.4 Å². The highest BCUT2D eigenvalue weighted by atomic mass is 32.1. The second-order valence-corrected chi connectivity index (χ2v) is 8.01. The topological polar surface area (TPSA) is 81.2 Å². The van der Waals surface area contributed by atoms with Crippen LogP contribution in [-0.4, -0.2) is 70.3 Å². The van der Waals surface area contributed by atoms with E-state index in [-0.39, 0.29) is 5.91 Å². The largest absolute Gasteiger partial charge is 0.493 e. The van der Waals surface area contributed by atoms with Crippen LogP contribution in [0.5, 0.6) is 11.5 Å². The Kier molecular flexibility index (Phi) is 7.09. The monoisotopic (exact) mass is 443 g/mol. The van der Waals surface area contributed by atoms with Gasteiger partial charge >= 0.3 is 5.97 Å². The van der Waals surface area contributed by atoms with E-state index >= 15 is 0 Å². The minimum absolute atomic E-state index is 0.198. The van der Waals surface area contributed by atoms with Gasteiger partial charge in [-0.2, -0.15) is 0 Å². The first-order valence-electron chi connectivity index (χ1n) is 9.55. The number of hydrogen-bond acceptors (Lipinski definition) is 8. The molecule has 0 spiro atoms. The third-order valence-electron chi connectivity index (χ3n) is 4.68. The van der Waals surface area contributed by atoms with Gasteiger partial charge in [0.25, 0.3) is 5.91 Å². The second kappa shape index (κ2) is 9.76. The Morgan fingerprint density at radius 1 is 0.935 bits per heavy atom. The van der Waals surface area contributed by atoms with Crippen molar-refractivity contribution in [2.45, 2.75) is 0 Å². The van der Waals surface area contributed by atoms with Gasteiger partial charge in [0, 0.05) is 30.8 Å². The van der Waals surface area contributed by atoms with E-state index in [1.54, 1.807) is 49.5 Å². The van der Waals surface area contributed by atoms with Crippen LogP contribution < -0.4 is 14.4 Å². The molecule has 0 atom stereocenters. The molecule has 0 saturated heterocycles. The molecule has 0 aliphatic rings. The predicted molar refractivity (Wildman–Crippen MR) is 121 cm³/mol. The maximum absolute atomic E-state index is 13.3. The lowest BCUT2D eigenvalue weighted by Gasteiger charge is -2.22. The van der Waals surface area contributed by atoms with E-state index in [2.05, 4.69) is 4.98 Å². The zero-order chi connectivity index (χ0) is 22.5. The number of ether oxygens (including phenoxy) is 3. The van der Waals surface area contributed by atoms with Crippen LogP contribution in [0, 0.1) is 0 Å². The van der Waals surface area contributed by atoms with E-state index in [1.165, 1.54) is 18.4 Å². The highest BCUT2D eigenvalue weighted by Gasteiger charge is 2.22. The van der Waals surface area contributed by atoms with Gasteiger partial charge in [0.05, 0.1) is 37.1 Å². The molecule has 1 aromatic heterocycles. The minimum atomic E-state index is -0.447. The standard InChI is InChI=1S/C22H25N3O5S/c1-24(2)10-11-25(20(26)14-6-8-15(9-7-14)21(27)30-5)22-23-16-12-17(28-3)18(29-4)13-19(16)31-22/h6-9,12-13H,10-11H2,1-5H3. The Morgan fingerprint density at radius 3 is 2.13 bits per heavy atom. The molecule has 3 aromatic rings. The Hall–Kier alpha value is -3.17. The molecule has 164 valence electrons. The number of thiazole rings is 1. The zero-order valence-corrected chi connectivity index (χ0v) is 19.0. The van der Waals surface area contributed by atoms with E-state index in [0.717, 1.165) is 10.2 Å². The fraction of sp³-hybridized carbons (Fsp3) is 0.318. The van der Waals surface area contributed by atoms with Crippen molar-refractivity contribution in [3.8, 4) is 11.5 Å². The van der Waals surface area contributed by atoms with Gasteiger partial charge in [-0.3, -0.25) is 9.69 Å². The number of hydrogen-bond donors (Lipinski definition) is 0. The summed E-state index contributed by atoms with van der Waals surface area (Å²) in [5.74, 6) is 0.542. The molecule has 0 unspecified atom stereocenters. The molecule has 0 fully saturated rings. The SMILES string of the molecule is COC(=O)c1ccc(C(=O)N(CCN(C)C)c2nc3cc(OC)c(OC)cc3s2)cc1. The predicted octanol–water partition coefficient (Wildman–Crippen LogP) is 3.31. The lowest BCUT2D eigenvalue weighted by atomic mass is 10.1. The van der Waals surface area contributed by atoms with Crippen molar-refractivity contribution in [3.63, 3.8) is 0 Å². The molecule has 0 saturated carbocycles. The Balaban J connectivity index is 1.98. The molecular weight excluding hydrogens is 418 g/mol. The number of amides is 1. The van der Waals surface area contributed by atoms with Gasteiger partial charge in [0.2, 0.25) is 0 Å². The highest BCUT2D eigenvalue weighted by Crippen LogP contribution is 2.37. The van der Waals surface area contributed by atoms with Crippen LogP contribution in [0.4, 0.5) is 5.13 Å². The average molecular weight is 444 g/mol. The summed E-state index contributed by atoms with van der Waals surface area (Å²) in [4.78, 5) is 33.3. The number of esters is 1. The fourth-order valence-corrected chi connectivity index (χ4v) is 3.97. The smallest absolute Gasteiger partial charge is 0.337 e. The summed E-state index contributed by atoms with van der Waals surface area (Å²) in [6.45, 7) is 1.12. The van der Waals surface area contributed by atoms with Gasteiger partial charge in [0.15, 0.2) is 16.6 Å². The number of carbonyl (C=O) groups excluding carboxylic acids is 2. The normalized spacial score (nSPS) is 10.9. The van der Waals surface area contributed by atoms with Gasteiger partial charge in [-0.15, -0.1) is 0 Å². The average Bonchev–Trinajstić information content (AvgIpc) is 3.19. The van der Waals surface area contributed by atoms with Crippen molar-refractivity contribution in [1.82, 2.24) is 9.88 Å². The molecule has 0 radical (unpaired) electrons. The fourth-order valence-electron chi connectivity index (χ4n) is 2.97. The minimum Gasteiger partial charge on any atom is -0.493 e. The van der Waals surface area contributed by atoms with E-state index in [0.29, 0.717) is 40.8 Å². The number of methoxy groups -OCH3 is 3. The molecule has 8 nitrogen and oxygen atoms in total. The van der Waals surface area contributed by atoms with Crippen molar-refractivity contribution in [2.24, 2.45) is 0 Å². The van der Waals surface area contributed by atoms with Gasteiger partial charge < -0.3 is 19.1 Å². The second-order valence-electron chi connectivity index (χ2n) is 7.00. The highest BCUT2D eigenvalue weighted by molar-refractivity contribution is 7.22.